The second-order valence-electron chi connectivity index (χ2n) is 5.61. The fourth-order valence-corrected chi connectivity index (χ4v) is 2.19. The summed E-state index contributed by atoms with van der Waals surface area (Å²) in [7, 11) is 5.80. The monoisotopic (exact) mass is 324 g/mol. The number of methoxy groups -OCH3 is 1. The van der Waals surface area contributed by atoms with Crippen LogP contribution in [0, 0.1) is 0 Å². The van der Waals surface area contributed by atoms with Crippen LogP contribution in [-0.4, -0.2) is 74.1 Å². The summed E-state index contributed by atoms with van der Waals surface area (Å²) in [6, 6.07) is 0. The van der Waals surface area contributed by atoms with Crippen LogP contribution in [0.1, 0.15) is 18.9 Å². The van der Waals surface area contributed by atoms with Gasteiger partial charge in [-0.1, -0.05) is 0 Å². The van der Waals surface area contributed by atoms with Gasteiger partial charge in [0.1, 0.15) is 0 Å². The summed E-state index contributed by atoms with van der Waals surface area (Å²) in [5, 5.41) is 10.8. The van der Waals surface area contributed by atoms with Gasteiger partial charge in [-0.15, -0.1) is 0 Å². The van der Waals surface area contributed by atoms with E-state index in [4.69, 9.17) is 4.74 Å². The van der Waals surface area contributed by atoms with Crippen molar-refractivity contribution in [1.29, 1.82) is 0 Å². The molecule has 23 heavy (non-hydrogen) atoms. The maximum absolute atomic E-state index is 5.07. The first kappa shape index (κ1) is 19.4. The average Bonchev–Trinajstić information content (AvgIpc) is 2.93. The quantitative estimate of drug-likeness (QED) is 0.352. The summed E-state index contributed by atoms with van der Waals surface area (Å²) in [4.78, 5) is 6.90. The van der Waals surface area contributed by atoms with Crippen LogP contribution in [0.4, 0.5) is 0 Å². The number of likely N-dealkylation sites (N-methyl/N-ethyl adjacent to an activating group) is 1. The van der Waals surface area contributed by atoms with Crippen molar-refractivity contribution in [3.05, 3.63) is 18.0 Å². The highest BCUT2D eigenvalue weighted by molar-refractivity contribution is 5.79. The van der Waals surface area contributed by atoms with Crippen molar-refractivity contribution in [2.24, 2.45) is 12.0 Å². The van der Waals surface area contributed by atoms with Crippen molar-refractivity contribution < 1.29 is 4.74 Å². The van der Waals surface area contributed by atoms with Crippen molar-refractivity contribution in [2.45, 2.75) is 19.8 Å². The van der Waals surface area contributed by atoms with Gasteiger partial charge in [0.25, 0.3) is 0 Å². The van der Waals surface area contributed by atoms with E-state index in [1.165, 1.54) is 5.56 Å². The van der Waals surface area contributed by atoms with E-state index in [0.29, 0.717) is 0 Å². The van der Waals surface area contributed by atoms with Crippen LogP contribution in [0.3, 0.4) is 0 Å². The molecule has 0 fully saturated rings. The van der Waals surface area contributed by atoms with E-state index in [0.717, 1.165) is 58.1 Å². The predicted molar refractivity (Wildman–Crippen MR) is 94.9 cm³/mol. The van der Waals surface area contributed by atoms with E-state index in [2.05, 4.69) is 39.6 Å². The maximum atomic E-state index is 5.07. The van der Waals surface area contributed by atoms with Crippen LogP contribution in [0.25, 0.3) is 0 Å². The largest absolute Gasteiger partial charge is 0.385 e. The minimum atomic E-state index is 0.783. The summed E-state index contributed by atoms with van der Waals surface area (Å²) < 4.78 is 6.90. The lowest BCUT2D eigenvalue weighted by molar-refractivity contribution is 0.180. The maximum Gasteiger partial charge on any atom is 0.191 e. The molecule has 0 unspecified atom stereocenters. The second-order valence-corrected chi connectivity index (χ2v) is 5.61. The number of guanidine groups is 1. The van der Waals surface area contributed by atoms with Gasteiger partial charge in [-0.3, -0.25) is 9.67 Å². The van der Waals surface area contributed by atoms with Gasteiger partial charge in [0.05, 0.1) is 12.7 Å². The SMILES string of the molecule is CCNC(=NCCN(C)CCCOC)NCCc1cnn(C)c1. The molecule has 7 nitrogen and oxygen atoms in total. The number of ether oxygens (including phenoxy) is 1. The number of rotatable bonds is 11. The third kappa shape index (κ3) is 9.20. The molecule has 0 radical (unpaired) electrons. The lowest BCUT2D eigenvalue weighted by atomic mass is 10.2. The van der Waals surface area contributed by atoms with Gasteiger partial charge in [0.2, 0.25) is 0 Å². The van der Waals surface area contributed by atoms with E-state index in [1.54, 1.807) is 7.11 Å². The zero-order valence-electron chi connectivity index (χ0n) is 15.0. The summed E-state index contributed by atoms with van der Waals surface area (Å²) >= 11 is 0. The highest BCUT2D eigenvalue weighted by Gasteiger charge is 2.01. The van der Waals surface area contributed by atoms with Gasteiger partial charge in [0.15, 0.2) is 5.96 Å². The third-order valence-corrected chi connectivity index (χ3v) is 3.45. The number of aliphatic imine (C=N–C) groups is 1. The zero-order valence-corrected chi connectivity index (χ0v) is 15.0. The Morgan fingerprint density at radius 3 is 2.87 bits per heavy atom. The number of nitrogens with zero attached hydrogens (tertiary/aromatic N) is 4. The van der Waals surface area contributed by atoms with Crippen molar-refractivity contribution >= 4 is 5.96 Å². The Balaban J connectivity index is 2.26. The molecular weight excluding hydrogens is 292 g/mol. The van der Waals surface area contributed by atoms with Crippen molar-refractivity contribution in [3.63, 3.8) is 0 Å². The molecule has 1 rings (SSSR count). The molecule has 0 aliphatic heterocycles. The Kier molecular flexibility index (Phi) is 10.1. The normalized spacial score (nSPS) is 12.0. The standard InChI is InChI=1S/C16H32N6O/c1-5-17-16(18-8-7-15-13-20-22(3)14-15)19-9-11-21(2)10-6-12-23-4/h13-14H,5-12H2,1-4H3,(H2,17,18,19). The molecule has 1 aromatic heterocycles. The van der Waals surface area contributed by atoms with Gasteiger partial charge in [0, 0.05) is 53.1 Å². The molecule has 0 bridgehead atoms. The molecule has 0 saturated carbocycles. The number of aromatic nitrogens is 2. The van der Waals surface area contributed by atoms with Crippen LogP contribution >= 0.6 is 0 Å². The molecule has 0 saturated heterocycles. The molecule has 132 valence electrons. The van der Waals surface area contributed by atoms with E-state index in [9.17, 15) is 0 Å². The lowest BCUT2D eigenvalue weighted by Gasteiger charge is -2.16. The van der Waals surface area contributed by atoms with E-state index in [1.807, 2.05) is 24.1 Å². The van der Waals surface area contributed by atoms with Crippen molar-refractivity contribution in [3.8, 4) is 0 Å². The first-order chi connectivity index (χ1) is 11.2. The Labute approximate surface area is 140 Å². The average molecular weight is 324 g/mol. The molecule has 7 heteroatoms. The Hall–Kier alpha value is -1.60. The summed E-state index contributed by atoms with van der Waals surface area (Å²) in [5.41, 5.74) is 1.23. The van der Waals surface area contributed by atoms with Gasteiger partial charge in [-0.2, -0.15) is 5.10 Å². The van der Waals surface area contributed by atoms with Gasteiger partial charge in [-0.05, 0) is 32.4 Å². The summed E-state index contributed by atoms with van der Waals surface area (Å²) in [6.07, 6.45) is 5.94. The molecule has 1 aromatic rings. The smallest absolute Gasteiger partial charge is 0.191 e. The highest BCUT2D eigenvalue weighted by Crippen LogP contribution is 1.96. The Morgan fingerprint density at radius 2 is 2.22 bits per heavy atom. The first-order valence-electron chi connectivity index (χ1n) is 8.33. The number of nitrogens with one attached hydrogen (secondary N) is 2. The molecule has 2 N–H and O–H groups in total. The van der Waals surface area contributed by atoms with Crippen molar-refractivity contribution in [1.82, 2.24) is 25.3 Å². The molecule has 0 spiro atoms. The fourth-order valence-electron chi connectivity index (χ4n) is 2.19. The lowest BCUT2D eigenvalue weighted by Crippen LogP contribution is -2.39. The molecule has 1 heterocycles. The Morgan fingerprint density at radius 1 is 1.39 bits per heavy atom. The van der Waals surface area contributed by atoms with Crippen LogP contribution in [0.2, 0.25) is 0 Å². The number of hydrogen-bond donors (Lipinski definition) is 2. The highest BCUT2D eigenvalue weighted by atomic mass is 16.5. The molecular formula is C16H32N6O. The minimum Gasteiger partial charge on any atom is -0.385 e. The molecule has 0 aromatic carbocycles. The van der Waals surface area contributed by atoms with Crippen LogP contribution in [-0.2, 0) is 18.2 Å². The number of hydrogen-bond acceptors (Lipinski definition) is 4. The van der Waals surface area contributed by atoms with Crippen LogP contribution in [0.15, 0.2) is 17.4 Å². The first-order valence-corrected chi connectivity index (χ1v) is 8.33. The van der Waals surface area contributed by atoms with E-state index < -0.39 is 0 Å². The summed E-state index contributed by atoms with van der Waals surface area (Å²) in [6.45, 7) is 7.37. The third-order valence-electron chi connectivity index (χ3n) is 3.45. The fraction of sp³-hybridized carbons (Fsp3) is 0.750. The molecule has 0 atom stereocenters. The Bertz CT molecular complexity index is 446. The molecule has 0 amide bonds. The zero-order chi connectivity index (χ0) is 16.9. The topological polar surface area (TPSA) is 66.7 Å². The van der Waals surface area contributed by atoms with E-state index >= 15 is 0 Å². The predicted octanol–water partition coefficient (Wildman–Crippen LogP) is 0.486. The van der Waals surface area contributed by atoms with Gasteiger partial charge >= 0.3 is 0 Å². The second kappa shape index (κ2) is 11.9. The minimum absolute atomic E-state index is 0.783. The van der Waals surface area contributed by atoms with Crippen LogP contribution < -0.4 is 10.6 Å². The number of aryl methyl sites for hydroxylation is 1. The van der Waals surface area contributed by atoms with Crippen molar-refractivity contribution in [2.75, 3.05) is 53.5 Å². The molecule has 0 aliphatic carbocycles. The van der Waals surface area contributed by atoms with Gasteiger partial charge in [-0.25, -0.2) is 0 Å². The summed E-state index contributed by atoms with van der Waals surface area (Å²) in [5.74, 6) is 0.877. The molecule has 0 aliphatic rings. The van der Waals surface area contributed by atoms with Gasteiger partial charge < -0.3 is 20.3 Å². The van der Waals surface area contributed by atoms with E-state index in [-0.39, 0.29) is 0 Å². The van der Waals surface area contributed by atoms with Crippen LogP contribution in [0.5, 0.6) is 0 Å².